The van der Waals surface area contributed by atoms with Crippen molar-refractivity contribution in [2.24, 2.45) is 0 Å². The largest absolute Gasteiger partial charge is 0.324 e. The third-order valence-electron chi connectivity index (χ3n) is 2.42. The minimum atomic E-state index is -3.23. The van der Waals surface area contributed by atoms with Gasteiger partial charge in [-0.2, -0.15) is 0 Å². The molecule has 1 N–H and O–H groups in total. The normalized spacial score (nSPS) is 11.3. The van der Waals surface area contributed by atoms with E-state index in [0.717, 1.165) is 9.50 Å². The highest BCUT2D eigenvalue weighted by atomic mass is 79.9. The highest BCUT2D eigenvalue weighted by molar-refractivity contribution is 9.10. The Labute approximate surface area is 130 Å². The van der Waals surface area contributed by atoms with Gasteiger partial charge in [0, 0.05) is 18.1 Å². The molecule has 2 rings (SSSR count). The van der Waals surface area contributed by atoms with E-state index in [1.807, 2.05) is 6.26 Å². The van der Waals surface area contributed by atoms with E-state index in [4.69, 9.17) is 0 Å². The lowest BCUT2D eigenvalue weighted by Crippen LogP contribution is -2.01. The standard InChI is InChI=1S/C12H12BrN3O2S2/c1-19-11-10(13)7-14-12(16-11)15-8-4-3-5-9(6-8)20(2,17)18/h3-7H,1-2H3,(H,14,15,16). The maximum absolute atomic E-state index is 11.5. The molecule has 106 valence electrons. The molecular weight excluding hydrogens is 362 g/mol. The van der Waals surface area contributed by atoms with E-state index in [1.165, 1.54) is 18.0 Å². The number of nitrogens with one attached hydrogen (secondary N) is 1. The predicted molar refractivity (Wildman–Crippen MR) is 84.3 cm³/mol. The van der Waals surface area contributed by atoms with E-state index >= 15 is 0 Å². The third-order valence-corrected chi connectivity index (χ3v) is 5.07. The van der Waals surface area contributed by atoms with Crippen molar-refractivity contribution in [2.75, 3.05) is 17.8 Å². The molecule has 0 saturated carbocycles. The van der Waals surface area contributed by atoms with Gasteiger partial charge in [-0.15, -0.1) is 11.8 Å². The minimum Gasteiger partial charge on any atom is -0.324 e. The van der Waals surface area contributed by atoms with Gasteiger partial charge in [0.25, 0.3) is 0 Å². The summed E-state index contributed by atoms with van der Waals surface area (Å²) in [7, 11) is -3.23. The van der Waals surface area contributed by atoms with Gasteiger partial charge in [-0.1, -0.05) is 6.07 Å². The van der Waals surface area contributed by atoms with Crippen molar-refractivity contribution in [2.45, 2.75) is 9.92 Å². The molecule has 0 amide bonds. The van der Waals surface area contributed by atoms with E-state index in [9.17, 15) is 8.42 Å². The van der Waals surface area contributed by atoms with Gasteiger partial charge in [-0.05, 0) is 40.4 Å². The molecule has 0 radical (unpaired) electrons. The number of aromatic nitrogens is 2. The van der Waals surface area contributed by atoms with Gasteiger partial charge in [0.05, 0.1) is 9.37 Å². The molecule has 1 heterocycles. The quantitative estimate of drug-likeness (QED) is 0.655. The molecular formula is C12H12BrN3O2S2. The molecule has 0 fully saturated rings. The molecule has 20 heavy (non-hydrogen) atoms. The van der Waals surface area contributed by atoms with Gasteiger partial charge in [-0.3, -0.25) is 0 Å². The summed E-state index contributed by atoms with van der Waals surface area (Å²) >= 11 is 4.85. The first-order valence-electron chi connectivity index (χ1n) is 5.54. The van der Waals surface area contributed by atoms with Gasteiger partial charge in [0.15, 0.2) is 9.84 Å². The lowest BCUT2D eigenvalue weighted by atomic mass is 10.3. The first-order valence-corrected chi connectivity index (χ1v) is 9.45. The average molecular weight is 374 g/mol. The summed E-state index contributed by atoms with van der Waals surface area (Å²) < 4.78 is 23.8. The fourth-order valence-electron chi connectivity index (χ4n) is 1.49. The van der Waals surface area contributed by atoms with Gasteiger partial charge < -0.3 is 5.32 Å². The third kappa shape index (κ3) is 3.71. The SMILES string of the molecule is CSc1nc(Nc2cccc(S(C)(=O)=O)c2)ncc1Br. The van der Waals surface area contributed by atoms with Crippen LogP contribution in [0.2, 0.25) is 0 Å². The summed E-state index contributed by atoms with van der Waals surface area (Å²) in [6.45, 7) is 0. The second kappa shape index (κ2) is 6.11. The van der Waals surface area contributed by atoms with Crippen LogP contribution < -0.4 is 5.32 Å². The number of halogens is 1. The van der Waals surface area contributed by atoms with Crippen LogP contribution in [0.3, 0.4) is 0 Å². The van der Waals surface area contributed by atoms with Gasteiger partial charge in [0.2, 0.25) is 5.95 Å². The topological polar surface area (TPSA) is 72.0 Å². The Morgan fingerprint density at radius 2 is 2.10 bits per heavy atom. The van der Waals surface area contributed by atoms with Crippen molar-refractivity contribution >= 4 is 49.2 Å². The zero-order chi connectivity index (χ0) is 14.8. The lowest BCUT2D eigenvalue weighted by Gasteiger charge is -2.08. The molecule has 0 spiro atoms. The molecule has 0 bridgehead atoms. The molecule has 0 aliphatic heterocycles. The van der Waals surface area contributed by atoms with E-state index in [-0.39, 0.29) is 4.90 Å². The molecule has 8 heteroatoms. The molecule has 0 atom stereocenters. The summed E-state index contributed by atoms with van der Waals surface area (Å²) in [5, 5.41) is 3.80. The Hall–Kier alpha value is -1.12. The molecule has 2 aromatic rings. The van der Waals surface area contributed by atoms with Crippen molar-refractivity contribution in [1.29, 1.82) is 0 Å². The van der Waals surface area contributed by atoms with Crippen LogP contribution in [0.25, 0.3) is 0 Å². The fraction of sp³-hybridized carbons (Fsp3) is 0.167. The number of benzene rings is 1. The summed E-state index contributed by atoms with van der Waals surface area (Å²) in [4.78, 5) is 8.72. The maximum Gasteiger partial charge on any atom is 0.228 e. The zero-order valence-electron chi connectivity index (χ0n) is 10.8. The fourth-order valence-corrected chi connectivity index (χ4v) is 3.26. The number of anilines is 2. The van der Waals surface area contributed by atoms with Crippen molar-refractivity contribution in [3.8, 4) is 0 Å². The Balaban J connectivity index is 2.31. The Morgan fingerprint density at radius 1 is 1.35 bits per heavy atom. The van der Waals surface area contributed by atoms with Crippen LogP contribution in [0.1, 0.15) is 0 Å². The summed E-state index contributed by atoms with van der Waals surface area (Å²) in [5.74, 6) is 0.420. The van der Waals surface area contributed by atoms with Gasteiger partial charge in [-0.25, -0.2) is 18.4 Å². The number of thioether (sulfide) groups is 1. The molecule has 1 aromatic carbocycles. The van der Waals surface area contributed by atoms with E-state index < -0.39 is 9.84 Å². The van der Waals surface area contributed by atoms with Crippen molar-refractivity contribution in [3.05, 3.63) is 34.9 Å². The van der Waals surface area contributed by atoms with E-state index in [0.29, 0.717) is 11.6 Å². The molecule has 0 aliphatic carbocycles. The monoisotopic (exact) mass is 373 g/mol. The zero-order valence-corrected chi connectivity index (χ0v) is 14.0. The smallest absolute Gasteiger partial charge is 0.228 e. The Morgan fingerprint density at radius 3 is 2.75 bits per heavy atom. The number of rotatable bonds is 4. The Bertz CT molecular complexity index is 735. The molecule has 0 aliphatic rings. The minimum absolute atomic E-state index is 0.254. The van der Waals surface area contributed by atoms with Crippen LogP contribution >= 0.6 is 27.7 Å². The number of nitrogens with zero attached hydrogens (tertiary/aromatic N) is 2. The molecule has 5 nitrogen and oxygen atoms in total. The van der Waals surface area contributed by atoms with Crippen LogP contribution in [-0.2, 0) is 9.84 Å². The van der Waals surface area contributed by atoms with Gasteiger partial charge in [0.1, 0.15) is 5.03 Å². The molecule has 1 aromatic heterocycles. The highest BCUT2D eigenvalue weighted by Crippen LogP contribution is 2.25. The van der Waals surface area contributed by atoms with Crippen LogP contribution in [0.4, 0.5) is 11.6 Å². The van der Waals surface area contributed by atoms with E-state index in [2.05, 4.69) is 31.2 Å². The first-order chi connectivity index (χ1) is 9.40. The summed E-state index contributed by atoms with van der Waals surface area (Å²) in [5.41, 5.74) is 0.627. The number of hydrogen-bond donors (Lipinski definition) is 1. The van der Waals surface area contributed by atoms with Crippen molar-refractivity contribution < 1.29 is 8.42 Å². The van der Waals surface area contributed by atoms with Crippen LogP contribution in [0.5, 0.6) is 0 Å². The highest BCUT2D eigenvalue weighted by Gasteiger charge is 2.09. The summed E-state index contributed by atoms with van der Waals surface area (Å²) in [6.07, 6.45) is 4.75. The Kier molecular flexibility index (Phi) is 4.66. The summed E-state index contributed by atoms with van der Waals surface area (Å²) in [6, 6.07) is 6.54. The van der Waals surface area contributed by atoms with Crippen LogP contribution in [0, 0.1) is 0 Å². The van der Waals surface area contributed by atoms with Crippen LogP contribution in [-0.4, -0.2) is 30.9 Å². The van der Waals surface area contributed by atoms with E-state index in [1.54, 1.807) is 30.5 Å². The van der Waals surface area contributed by atoms with Crippen molar-refractivity contribution in [1.82, 2.24) is 9.97 Å². The number of hydrogen-bond acceptors (Lipinski definition) is 6. The molecule has 0 unspecified atom stereocenters. The number of sulfone groups is 1. The van der Waals surface area contributed by atoms with Crippen LogP contribution in [0.15, 0.2) is 44.9 Å². The van der Waals surface area contributed by atoms with Gasteiger partial charge >= 0.3 is 0 Å². The second-order valence-corrected chi connectivity index (χ2v) is 7.64. The molecule has 0 saturated heterocycles. The van der Waals surface area contributed by atoms with Crippen molar-refractivity contribution in [3.63, 3.8) is 0 Å². The maximum atomic E-state index is 11.5. The second-order valence-electron chi connectivity index (χ2n) is 3.98. The predicted octanol–water partition coefficient (Wildman–Crippen LogP) is 3.11. The lowest BCUT2D eigenvalue weighted by molar-refractivity contribution is 0.602. The first kappa shape index (κ1) is 15.3. The average Bonchev–Trinajstić information content (AvgIpc) is 2.40.